The molecule has 0 saturated heterocycles. The normalized spacial score (nSPS) is 10.5. The molecule has 0 atom stereocenters. The van der Waals surface area contributed by atoms with Crippen LogP contribution in [0.5, 0.6) is 5.75 Å². The maximum absolute atomic E-state index is 11.2. The molecule has 3 rings (SSSR count). The molecule has 112 valence electrons. The summed E-state index contributed by atoms with van der Waals surface area (Å²) in [7, 11) is 0. The summed E-state index contributed by atoms with van der Waals surface area (Å²) in [6, 6.07) is 28.0. The Morgan fingerprint density at radius 1 is 0.652 bits per heavy atom. The molecular weight excluding hydrogens is 284 g/mol. The highest BCUT2D eigenvalue weighted by molar-refractivity contribution is 5.44. The number of ether oxygens (including phenoxy) is 1. The van der Waals surface area contributed by atoms with E-state index in [0.717, 1.165) is 0 Å². The van der Waals surface area contributed by atoms with E-state index in [9.17, 15) is 5.11 Å². The number of benzene rings is 3. The molecular formula is C21H16O2. The quantitative estimate of drug-likeness (QED) is 0.742. The van der Waals surface area contributed by atoms with E-state index < -0.39 is 5.60 Å². The summed E-state index contributed by atoms with van der Waals surface area (Å²) in [5.41, 5.74) is -0.0113. The second-order valence-electron chi connectivity index (χ2n) is 5.08. The zero-order chi connectivity index (χ0) is 16.0. The van der Waals surface area contributed by atoms with Crippen molar-refractivity contribution in [2.75, 3.05) is 0 Å². The van der Waals surface area contributed by atoms with E-state index in [0.29, 0.717) is 16.9 Å². The van der Waals surface area contributed by atoms with Crippen molar-refractivity contribution in [1.82, 2.24) is 0 Å². The van der Waals surface area contributed by atoms with Crippen molar-refractivity contribution in [3.05, 3.63) is 102 Å². The van der Waals surface area contributed by atoms with E-state index in [-0.39, 0.29) is 0 Å². The summed E-state index contributed by atoms with van der Waals surface area (Å²) in [6.07, 6.45) is 2.64. The first-order valence-corrected chi connectivity index (χ1v) is 7.36. The molecule has 0 fully saturated rings. The van der Waals surface area contributed by atoms with E-state index in [2.05, 4.69) is 12.0 Å². The Morgan fingerprint density at radius 3 is 1.57 bits per heavy atom. The molecule has 0 radical (unpaired) electrons. The Kier molecular flexibility index (Phi) is 4.42. The van der Waals surface area contributed by atoms with Crippen LogP contribution in [0, 0.1) is 12.0 Å². The zero-order valence-electron chi connectivity index (χ0n) is 12.5. The van der Waals surface area contributed by atoms with Crippen LogP contribution in [0.4, 0.5) is 0 Å². The minimum absolute atomic E-state index is 0.642. The van der Waals surface area contributed by atoms with E-state index >= 15 is 0 Å². The molecule has 1 N–H and O–H groups in total. The minimum Gasteiger partial charge on any atom is -0.407 e. The van der Waals surface area contributed by atoms with E-state index in [1.165, 1.54) is 0 Å². The monoisotopic (exact) mass is 300 g/mol. The topological polar surface area (TPSA) is 29.5 Å². The standard InChI is InChI=1S/C21H16O2/c22-21(18-10-4-1-5-11-18,19-12-6-2-7-13-19)16-17-23-20-14-8-3-9-15-20/h1-15,22H. The van der Waals surface area contributed by atoms with Crippen molar-refractivity contribution < 1.29 is 9.84 Å². The van der Waals surface area contributed by atoms with Crippen molar-refractivity contribution in [3.8, 4) is 17.8 Å². The fraction of sp³-hybridized carbons (Fsp3) is 0.0476. The van der Waals surface area contributed by atoms with Crippen LogP contribution in [0.3, 0.4) is 0 Å². The first-order chi connectivity index (χ1) is 11.3. The summed E-state index contributed by atoms with van der Waals surface area (Å²) >= 11 is 0. The molecule has 3 aromatic rings. The fourth-order valence-electron chi connectivity index (χ4n) is 2.32. The predicted molar refractivity (Wildman–Crippen MR) is 90.7 cm³/mol. The first kappa shape index (κ1) is 14.9. The molecule has 0 spiro atoms. The van der Waals surface area contributed by atoms with Crippen molar-refractivity contribution in [3.63, 3.8) is 0 Å². The molecule has 0 aliphatic rings. The first-order valence-electron chi connectivity index (χ1n) is 7.36. The van der Waals surface area contributed by atoms with Gasteiger partial charge in [-0.25, -0.2) is 0 Å². The van der Waals surface area contributed by atoms with Crippen molar-refractivity contribution in [1.29, 1.82) is 0 Å². The number of para-hydroxylation sites is 1. The molecule has 0 aromatic heterocycles. The van der Waals surface area contributed by atoms with Crippen LogP contribution >= 0.6 is 0 Å². The van der Waals surface area contributed by atoms with E-state index in [1.807, 2.05) is 91.0 Å². The molecule has 0 aliphatic heterocycles. The summed E-state index contributed by atoms with van der Waals surface area (Å²) in [5.74, 6) is 3.50. The summed E-state index contributed by atoms with van der Waals surface area (Å²) in [5, 5.41) is 11.2. The molecule has 0 bridgehead atoms. The van der Waals surface area contributed by atoms with Gasteiger partial charge in [0.1, 0.15) is 11.9 Å². The van der Waals surface area contributed by atoms with Gasteiger partial charge in [0.15, 0.2) is 5.60 Å². The minimum atomic E-state index is -1.42. The van der Waals surface area contributed by atoms with Crippen LogP contribution in [-0.4, -0.2) is 5.11 Å². The van der Waals surface area contributed by atoms with Crippen LogP contribution in [0.1, 0.15) is 11.1 Å². The Balaban J connectivity index is 1.97. The lowest BCUT2D eigenvalue weighted by Gasteiger charge is -2.23. The molecule has 2 nitrogen and oxygen atoms in total. The molecule has 0 unspecified atom stereocenters. The van der Waals surface area contributed by atoms with E-state index in [4.69, 9.17) is 4.74 Å². The molecule has 0 aliphatic carbocycles. The fourth-order valence-corrected chi connectivity index (χ4v) is 2.32. The molecule has 0 heterocycles. The summed E-state index contributed by atoms with van der Waals surface area (Å²) in [4.78, 5) is 0. The van der Waals surface area contributed by atoms with Gasteiger partial charge in [-0.3, -0.25) is 0 Å². The van der Waals surface area contributed by atoms with Gasteiger partial charge in [0.2, 0.25) is 0 Å². The van der Waals surface area contributed by atoms with Gasteiger partial charge >= 0.3 is 0 Å². The van der Waals surface area contributed by atoms with Crippen LogP contribution in [0.15, 0.2) is 91.0 Å². The Labute approximate surface area is 136 Å². The van der Waals surface area contributed by atoms with Gasteiger partial charge < -0.3 is 9.84 Å². The lowest BCUT2D eigenvalue weighted by molar-refractivity contribution is 0.144. The highest BCUT2D eigenvalue weighted by Crippen LogP contribution is 2.28. The average molecular weight is 300 g/mol. The van der Waals surface area contributed by atoms with Crippen molar-refractivity contribution in [2.45, 2.75) is 5.60 Å². The highest BCUT2D eigenvalue weighted by Gasteiger charge is 2.29. The molecule has 2 heteroatoms. The predicted octanol–water partition coefficient (Wildman–Crippen LogP) is 3.96. The molecule has 3 aromatic carbocycles. The van der Waals surface area contributed by atoms with E-state index in [1.54, 1.807) is 0 Å². The maximum atomic E-state index is 11.2. The van der Waals surface area contributed by atoms with Gasteiger partial charge in [0.05, 0.1) is 0 Å². The smallest absolute Gasteiger partial charge is 0.180 e. The lowest BCUT2D eigenvalue weighted by Crippen LogP contribution is -2.25. The molecule has 0 amide bonds. The number of rotatable bonds is 3. The Morgan fingerprint density at radius 2 is 1.09 bits per heavy atom. The highest BCUT2D eigenvalue weighted by atomic mass is 16.5. The second-order valence-corrected chi connectivity index (χ2v) is 5.08. The molecule has 23 heavy (non-hydrogen) atoms. The largest absolute Gasteiger partial charge is 0.407 e. The number of hydrogen-bond donors (Lipinski definition) is 1. The van der Waals surface area contributed by atoms with Crippen LogP contribution in [0.25, 0.3) is 0 Å². The SMILES string of the molecule is OC(C#COc1ccccc1)(c1ccccc1)c1ccccc1. The van der Waals surface area contributed by atoms with Gasteiger partial charge in [-0.1, -0.05) is 78.9 Å². The third-order valence-corrected chi connectivity index (χ3v) is 3.53. The maximum Gasteiger partial charge on any atom is 0.180 e. The third-order valence-electron chi connectivity index (χ3n) is 3.53. The Bertz CT molecular complexity index is 760. The van der Waals surface area contributed by atoms with Crippen molar-refractivity contribution >= 4 is 0 Å². The van der Waals surface area contributed by atoms with Crippen LogP contribution in [-0.2, 0) is 5.60 Å². The molecule has 0 saturated carbocycles. The summed E-state index contributed by atoms with van der Waals surface area (Å²) < 4.78 is 5.42. The second kappa shape index (κ2) is 6.83. The zero-order valence-corrected chi connectivity index (χ0v) is 12.5. The van der Waals surface area contributed by atoms with Gasteiger partial charge in [-0.15, -0.1) is 0 Å². The van der Waals surface area contributed by atoms with Gasteiger partial charge in [0, 0.05) is 11.1 Å². The average Bonchev–Trinajstić information content (AvgIpc) is 2.64. The van der Waals surface area contributed by atoms with Gasteiger partial charge in [-0.2, -0.15) is 0 Å². The third kappa shape index (κ3) is 3.42. The van der Waals surface area contributed by atoms with Gasteiger partial charge in [-0.05, 0) is 18.1 Å². The Hall–Kier alpha value is -3.02. The summed E-state index contributed by atoms with van der Waals surface area (Å²) in [6.45, 7) is 0. The van der Waals surface area contributed by atoms with Crippen LogP contribution < -0.4 is 4.74 Å². The van der Waals surface area contributed by atoms with Gasteiger partial charge in [0.25, 0.3) is 0 Å². The number of aliphatic hydroxyl groups is 1. The lowest BCUT2D eigenvalue weighted by atomic mass is 9.87. The van der Waals surface area contributed by atoms with Crippen molar-refractivity contribution in [2.24, 2.45) is 0 Å². The number of hydrogen-bond acceptors (Lipinski definition) is 2. The van der Waals surface area contributed by atoms with Crippen LogP contribution in [0.2, 0.25) is 0 Å².